The standard InChI is InChI=1S/C20H31FN4O3S.HI/c1-3-22-19(23-16-20(29(2,26)27)8-14-28-15-9-20)25-12-10-24(11-13-25)18-6-4-17(21)5-7-18;/h4-7H,3,8-16H2,1-2H3,(H,22,23);1H. The maximum absolute atomic E-state index is 13.2. The first-order valence-corrected chi connectivity index (χ1v) is 12.0. The van der Waals surface area contributed by atoms with Gasteiger partial charge in [-0.1, -0.05) is 0 Å². The summed E-state index contributed by atoms with van der Waals surface area (Å²) in [6.45, 7) is 6.98. The molecule has 0 spiro atoms. The molecule has 3 rings (SSSR count). The van der Waals surface area contributed by atoms with Crippen LogP contribution in [0.15, 0.2) is 29.3 Å². The van der Waals surface area contributed by atoms with Crippen LogP contribution in [0.25, 0.3) is 0 Å². The van der Waals surface area contributed by atoms with E-state index in [4.69, 9.17) is 9.73 Å². The predicted molar refractivity (Wildman–Crippen MR) is 129 cm³/mol. The molecule has 30 heavy (non-hydrogen) atoms. The number of hydrogen-bond donors (Lipinski definition) is 1. The smallest absolute Gasteiger partial charge is 0.194 e. The lowest BCUT2D eigenvalue weighted by atomic mass is 9.99. The predicted octanol–water partition coefficient (Wildman–Crippen LogP) is 2.13. The summed E-state index contributed by atoms with van der Waals surface area (Å²) in [6, 6.07) is 6.55. The van der Waals surface area contributed by atoms with Crippen LogP contribution in [0.3, 0.4) is 0 Å². The van der Waals surface area contributed by atoms with E-state index in [1.54, 1.807) is 12.1 Å². The van der Waals surface area contributed by atoms with Crippen LogP contribution < -0.4 is 10.2 Å². The number of rotatable bonds is 5. The highest BCUT2D eigenvalue weighted by molar-refractivity contribution is 14.0. The van der Waals surface area contributed by atoms with E-state index < -0.39 is 14.6 Å². The normalized spacial score (nSPS) is 19.9. The Kier molecular flexibility index (Phi) is 9.16. The lowest BCUT2D eigenvalue weighted by Crippen LogP contribution is -2.53. The van der Waals surface area contributed by atoms with Crippen molar-refractivity contribution < 1.29 is 17.5 Å². The molecule has 10 heteroatoms. The van der Waals surface area contributed by atoms with Crippen molar-refractivity contribution in [1.29, 1.82) is 0 Å². The second-order valence-electron chi connectivity index (χ2n) is 7.69. The van der Waals surface area contributed by atoms with E-state index in [1.807, 2.05) is 6.92 Å². The van der Waals surface area contributed by atoms with Gasteiger partial charge in [0.25, 0.3) is 0 Å². The maximum Gasteiger partial charge on any atom is 0.194 e. The summed E-state index contributed by atoms with van der Waals surface area (Å²) in [4.78, 5) is 9.12. The Labute approximate surface area is 196 Å². The van der Waals surface area contributed by atoms with Crippen molar-refractivity contribution in [3.63, 3.8) is 0 Å². The second-order valence-corrected chi connectivity index (χ2v) is 10.1. The minimum atomic E-state index is -3.25. The maximum atomic E-state index is 13.2. The molecule has 1 aromatic carbocycles. The van der Waals surface area contributed by atoms with E-state index in [0.29, 0.717) is 32.6 Å². The van der Waals surface area contributed by atoms with E-state index in [-0.39, 0.29) is 36.3 Å². The molecule has 0 unspecified atom stereocenters. The van der Waals surface area contributed by atoms with Crippen LogP contribution in [-0.4, -0.2) is 82.8 Å². The van der Waals surface area contributed by atoms with E-state index in [2.05, 4.69) is 15.1 Å². The van der Waals surface area contributed by atoms with Gasteiger partial charge in [-0.15, -0.1) is 24.0 Å². The van der Waals surface area contributed by atoms with Crippen molar-refractivity contribution in [2.45, 2.75) is 24.5 Å². The molecule has 0 atom stereocenters. The molecule has 0 radical (unpaired) electrons. The Balaban J connectivity index is 0.00000320. The lowest BCUT2D eigenvalue weighted by Gasteiger charge is -2.38. The molecule has 2 fully saturated rings. The highest BCUT2D eigenvalue weighted by atomic mass is 127. The van der Waals surface area contributed by atoms with Gasteiger partial charge in [-0.3, -0.25) is 4.99 Å². The van der Waals surface area contributed by atoms with E-state index >= 15 is 0 Å². The fourth-order valence-corrected chi connectivity index (χ4v) is 5.07. The fraction of sp³-hybridized carbons (Fsp3) is 0.650. The molecule has 2 saturated heterocycles. The number of nitrogens with one attached hydrogen (secondary N) is 1. The number of sulfone groups is 1. The molecule has 1 aromatic rings. The Morgan fingerprint density at radius 3 is 2.30 bits per heavy atom. The van der Waals surface area contributed by atoms with Crippen LogP contribution in [-0.2, 0) is 14.6 Å². The summed E-state index contributed by atoms with van der Waals surface area (Å²) in [5, 5.41) is 3.30. The number of halogens is 2. The molecule has 7 nitrogen and oxygen atoms in total. The van der Waals surface area contributed by atoms with Gasteiger partial charge in [0.2, 0.25) is 0 Å². The third-order valence-electron chi connectivity index (χ3n) is 5.81. The van der Waals surface area contributed by atoms with Crippen LogP contribution in [0.4, 0.5) is 10.1 Å². The summed E-state index contributed by atoms with van der Waals surface area (Å²) in [5.74, 6) is 0.516. The summed E-state index contributed by atoms with van der Waals surface area (Å²) in [6.07, 6.45) is 2.27. The van der Waals surface area contributed by atoms with Gasteiger partial charge in [0.05, 0.1) is 11.3 Å². The summed E-state index contributed by atoms with van der Waals surface area (Å²) >= 11 is 0. The van der Waals surface area contributed by atoms with Gasteiger partial charge in [0.15, 0.2) is 15.8 Å². The first-order valence-electron chi connectivity index (χ1n) is 10.2. The van der Waals surface area contributed by atoms with Crippen LogP contribution >= 0.6 is 24.0 Å². The topological polar surface area (TPSA) is 74.2 Å². The second kappa shape index (κ2) is 10.9. The summed E-state index contributed by atoms with van der Waals surface area (Å²) in [5.41, 5.74) is 1.01. The number of guanidine groups is 1. The fourth-order valence-electron chi connectivity index (χ4n) is 3.86. The van der Waals surface area contributed by atoms with Gasteiger partial charge in [-0.2, -0.15) is 0 Å². The molecule has 0 aromatic heterocycles. The highest BCUT2D eigenvalue weighted by Gasteiger charge is 2.42. The van der Waals surface area contributed by atoms with Crippen molar-refractivity contribution in [3.8, 4) is 0 Å². The Morgan fingerprint density at radius 1 is 1.17 bits per heavy atom. The van der Waals surface area contributed by atoms with Crippen LogP contribution in [0.2, 0.25) is 0 Å². The average molecular weight is 554 g/mol. The van der Waals surface area contributed by atoms with E-state index in [0.717, 1.165) is 37.8 Å². The summed E-state index contributed by atoms with van der Waals surface area (Å²) in [7, 11) is -3.25. The Hall–Kier alpha value is -1.14. The molecule has 2 aliphatic rings. The SMILES string of the molecule is CCNC(=NCC1(S(C)(=O)=O)CCOCC1)N1CCN(c2ccc(F)cc2)CC1.I. The molecule has 0 aliphatic carbocycles. The van der Waals surface area contributed by atoms with Gasteiger partial charge in [-0.25, -0.2) is 12.8 Å². The van der Waals surface area contributed by atoms with E-state index in [9.17, 15) is 12.8 Å². The third kappa shape index (κ3) is 5.97. The molecule has 0 saturated carbocycles. The van der Waals surface area contributed by atoms with Crippen LogP contribution in [0.1, 0.15) is 19.8 Å². The zero-order valence-electron chi connectivity index (χ0n) is 17.6. The molecule has 1 N–H and O–H groups in total. The molecule has 170 valence electrons. The van der Waals surface area contributed by atoms with E-state index in [1.165, 1.54) is 18.4 Å². The zero-order valence-corrected chi connectivity index (χ0v) is 20.8. The quantitative estimate of drug-likeness (QED) is 0.342. The van der Waals surface area contributed by atoms with Gasteiger partial charge in [0.1, 0.15) is 5.82 Å². The van der Waals surface area contributed by atoms with Gasteiger partial charge >= 0.3 is 0 Å². The third-order valence-corrected chi connectivity index (χ3v) is 7.92. The largest absolute Gasteiger partial charge is 0.381 e. The van der Waals surface area contributed by atoms with Crippen molar-refractivity contribution in [1.82, 2.24) is 10.2 Å². The molecule has 2 aliphatic heterocycles. The van der Waals surface area contributed by atoms with Crippen molar-refractivity contribution in [3.05, 3.63) is 30.1 Å². The van der Waals surface area contributed by atoms with Gasteiger partial charge in [0, 0.05) is 57.9 Å². The average Bonchev–Trinajstić information content (AvgIpc) is 2.72. The molecule has 0 bridgehead atoms. The number of benzene rings is 1. The van der Waals surface area contributed by atoms with Crippen LogP contribution in [0, 0.1) is 5.82 Å². The molecule has 0 amide bonds. The minimum absolute atomic E-state index is 0. The summed E-state index contributed by atoms with van der Waals surface area (Å²) < 4.78 is 42.7. The van der Waals surface area contributed by atoms with Crippen molar-refractivity contribution in [2.75, 3.05) is 63.6 Å². The number of piperazine rings is 1. The Bertz CT molecular complexity index is 806. The minimum Gasteiger partial charge on any atom is -0.381 e. The number of anilines is 1. The molecule has 2 heterocycles. The zero-order chi connectivity index (χ0) is 20.9. The Morgan fingerprint density at radius 2 is 1.77 bits per heavy atom. The van der Waals surface area contributed by atoms with Gasteiger partial charge < -0.3 is 19.9 Å². The first kappa shape index (κ1) is 25.1. The lowest BCUT2D eigenvalue weighted by molar-refractivity contribution is 0.0767. The highest BCUT2D eigenvalue weighted by Crippen LogP contribution is 2.30. The van der Waals surface area contributed by atoms with Crippen molar-refractivity contribution >= 4 is 45.5 Å². The number of ether oxygens (including phenoxy) is 1. The number of nitrogens with zero attached hydrogens (tertiary/aromatic N) is 3. The van der Waals surface area contributed by atoms with Gasteiger partial charge in [-0.05, 0) is 44.0 Å². The number of hydrogen-bond acceptors (Lipinski definition) is 5. The molecular weight excluding hydrogens is 522 g/mol. The monoisotopic (exact) mass is 554 g/mol. The van der Waals surface area contributed by atoms with Crippen molar-refractivity contribution in [2.24, 2.45) is 4.99 Å². The van der Waals surface area contributed by atoms with Crippen LogP contribution in [0.5, 0.6) is 0 Å². The number of aliphatic imine (C=N–C) groups is 1. The molecular formula is C20H32FIN4O3S. The first-order chi connectivity index (χ1) is 13.8.